The predicted octanol–water partition coefficient (Wildman–Crippen LogP) is 4.74. The van der Waals surface area contributed by atoms with Crippen molar-refractivity contribution in [2.75, 3.05) is 0 Å². The maximum atomic E-state index is 14.1. The molecule has 7 nitrogen and oxygen atoms in total. The molecule has 0 spiro atoms. The van der Waals surface area contributed by atoms with Crippen LogP contribution in [-0.4, -0.2) is 46.5 Å². The minimum absolute atomic E-state index is 0.0660. The number of hydrogen-bond acceptors (Lipinski definition) is 4. The number of alkyl carbamates (subject to hydrolysis) is 1. The molecule has 1 aliphatic rings. The normalized spacial score (nSPS) is 20.2. The average Bonchev–Trinajstić information content (AvgIpc) is 3.43. The van der Waals surface area contributed by atoms with Crippen LogP contribution < -0.4 is 10.6 Å². The van der Waals surface area contributed by atoms with Gasteiger partial charge >= 0.3 is 6.09 Å². The first kappa shape index (κ1) is 27.7. The van der Waals surface area contributed by atoms with Crippen LogP contribution in [0.15, 0.2) is 24.3 Å². The molecule has 0 aromatic heterocycles. The van der Waals surface area contributed by atoms with E-state index in [1.54, 1.807) is 25.7 Å². The molecule has 0 saturated heterocycles. The third-order valence-electron chi connectivity index (χ3n) is 6.18. The van der Waals surface area contributed by atoms with Crippen LogP contribution in [0.2, 0.25) is 0 Å². The van der Waals surface area contributed by atoms with Gasteiger partial charge in [-0.2, -0.15) is 0 Å². The highest BCUT2D eigenvalue weighted by atomic mass is 16.6. The molecule has 2 N–H and O–H groups in total. The van der Waals surface area contributed by atoms with Crippen LogP contribution in [0.5, 0.6) is 0 Å². The topological polar surface area (TPSA) is 87.7 Å². The fraction of sp³-hybridized carbons (Fsp3) is 0.667. The van der Waals surface area contributed by atoms with Gasteiger partial charge in [-0.05, 0) is 65.4 Å². The summed E-state index contributed by atoms with van der Waals surface area (Å²) >= 11 is 0. The van der Waals surface area contributed by atoms with Gasteiger partial charge in [0.05, 0.1) is 0 Å². The van der Waals surface area contributed by atoms with E-state index >= 15 is 0 Å². The molecule has 1 aromatic rings. The Morgan fingerprint density at radius 1 is 1.09 bits per heavy atom. The van der Waals surface area contributed by atoms with Crippen LogP contribution in [0.3, 0.4) is 0 Å². The first-order chi connectivity index (χ1) is 15.7. The lowest BCUT2D eigenvalue weighted by Crippen LogP contribution is -2.56. The van der Waals surface area contributed by atoms with Crippen molar-refractivity contribution in [2.24, 2.45) is 11.8 Å². The summed E-state index contributed by atoms with van der Waals surface area (Å²) in [6, 6.07) is 6.01. The Kier molecular flexibility index (Phi) is 9.15. The molecule has 0 bridgehead atoms. The molecule has 1 saturated carbocycles. The largest absolute Gasteiger partial charge is 0.444 e. The molecule has 0 heterocycles. The van der Waals surface area contributed by atoms with Crippen LogP contribution in [0, 0.1) is 18.8 Å². The molecule has 5 unspecified atom stereocenters. The number of benzene rings is 1. The Hall–Kier alpha value is -2.57. The molecule has 34 heavy (non-hydrogen) atoms. The minimum Gasteiger partial charge on any atom is -0.444 e. The van der Waals surface area contributed by atoms with Crippen molar-refractivity contribution >= 4 is 17.9 Å². The number of amides is 3. The summed E-state index contributed by atoms with van der Waals surface area (Å²) in [7, 11) is 0. The highest BCUT2D eigenvalue weighted by Crippen LogP contribution is 2.41. The molecule has 190 valence electrons. The maximum absolute atomic E-state index is 14.1. The first-order valence-electron chi connectivity index (χ1n) is 12.4. The molecule has 5 atom stereocenters. The van der Waals surface area contributed by atoms with E-state index in [4.69, 9.17) is 4.74 Å². The van der Waals surface area contributed by atoms with E-state index in [9.17, 15) is 14.4 Å². The van der Waals surface area contributed by atoms with Gasteiger partial charge in [0.25, 0.3) is 0 Å². The maximum Gasteiger partial charge on any atom is 0.408 e. The highest BCUT2D eigenvalue weighted by Gasteiger charge is 2.48. The molecule has 0 aliphatic heterocycles. The first-order valence-corrected chi connectivity index (χ1v) is 12.4. The molecule has 1 aliphatic carbocycles. The van der Waals surface area contributed by atoms with E-state index in [-0.39, 0.29) is 35.7 Å². The third-order valence-corrected chi connectivity index (χ3v) is 6.18. The summed E-state index contributed by atoms with van der Waals surface area (Å²) in [6.45, 7) is 17.2. The number of nitrogens with one attached hydrogen (secondary N) is 2. The van der Waals surface area contributed by atoms with Crippen molar-refractivity contribution in [3.05, 3.63) is 35.4 Å². The van der Waals surface area contributed by atoms with E-state index in [0.29, 0.717) is 6.42 Å². The van der Waals surface area contributed by atoms with Crippen LogP contribution >= 0.6 is 0 Å². The molecule has 1 aromatic carbocycles. The quantitative estimate of drug-likeness (QED) is 0.542. The van der Waals surface area contributed by atoms with Crippen LogP contribution in [0.25, 0.3) is 0 Å². The molecule has 2 rings (SSSR count). The standard InChI is InChI=1S/C27H43N3O4/c1-10-18(5)22(29-26(33)34-27(7,8)9)25(32)30(21-15-19(21)6)23(24(31)28-16(2)3)20-13-11-17(4)12-14-20/h11-14,16,18-19,21-23H,10,15H2,1-9H3,(H,28,31)(H,29,33). The molecule has 1 fully saturated rings. The van der Waals surface area contributed by atoms with Gasteiger partial charge in [-0.1, -0.05) is 57.0 Å². The zero-order valence-corrected chi connectivity index (χ0v) is 22.3. The van der Waals surface area contributed by atoms with E-state index in [1.165, 1.54) is 0 Å². The van der Waals surface area contributed by atoms with Gasteiger partial charge in [0.2, 0.25) is 11.8 Å². The van der Waals surface area contributed by atoms with Crippen molar-refractivity contribution in [1.82, 2.24) is 15.5 Å². The zero-order valence-electron chi connectivity index (χ0n) is 22.3. The number of ether oxygens (including phenoxy) is 1. The Balaban J connectivity index is 2.49. The molecule has 7 heteroatoms. The smallest absolute Gasteiger partial charge is 0.408 e. The number of carbonyl (C=O) groups is 3. The highest BCUT2D eigenvalue weighted by molar-refractivity contribution is 5.93. The van der Waals surface area contributed by atoms with Gasteiger partial charge in [-0.15, -0.1) is 0 Å². The lowest BCUT2D eigenvalue weighted by Gasteiger charge is -2.37. The van der Waals surface area contributed by atoms with Crippen molar-refractivity contribution in [2.45, 2.75) is 105 Å². The van der Waals surface area contributed by atoms with Gasteiger partial charge in [-0.25, -0.2) is 4.79 Å². The summed E-state index contributed by atoms with van der Waals surface area (Å²) in [6.07, 6.45) is 0.879. The molecule has 0 radical (unpaired) electrons. The lowest BCUT2D eigenvalue weighted by atomic mass is 9.95. The number of rotatable bonds is 9. The SMILES string of the molecule is CCC(C)C(NC(=O)OC(C)(C)C)C(=O)N(C(C(=O)NC(C)C)c1ccc(C)cc1)C1CC1C. The van der Waals surface area contributed by atoms with Crippen LogP contribution in [0.4, 0.5) is 4.79 Å². The van der Waals surface area contributed by atoms with Crippen molar-refractivity contribution in [3.63, 3.8) is 0 Å². The summed E-state index contributed by atoms with van der Waals surface area (Å²) in [4.78, 5) is 41.9. The molecular weight excluding hydrogens is 430 g/mol. The predicted molar refractivity (Wildman–Crippen MR) is 134 cm³/mol. The van der Waals surface area contributed by atoms with Gasteiger partial charge in [-0.3, -0.25) is 9.59 Å². The van der Waals surface area contributed by atoms with Gasteiger partial charge in [0.15, 0.2) is 0 Å². The zero-order chi connectivity index (χ0) is 25.8. The Labute approximate surface area is 205 Å². The monoisotopic (exact) mass is 473 g/mol. The number of aryl methyl sites for hydroxylation is 1. The van der Waals surface area contributed by atoms with Gasteiger partial charge < -0.3 is 20.3 Å². The molecular formula is C27H43N3O4. The summed E-state index contributed by atoms with van der Waals surface area (Å²) < 4.78 is 5.45. The van der Waals surface area contributed by atoms with Crippen molar-refractivity contribution in [1.29, 1.82) is 0 Å². The minimum atomic E-state index is -0.799. The van der Waals surface area contributed by atoms with Crippen LogP contribution in [0.1, 0.15) is 85.4 Å². The fourth-order valence-corrected chi connectivity index (χ4v) is 4.00. The van der Waals surface area contributed by atoms with E-state index < -0.39 is 23.8 Å². The Morgan fingerprint density at radius 2 is 1.65 bits per heavy atom. The van der Waals surface area contributed by atoms with E-state index in [0.717, 1.165) is 17.5 Å². The van der Waals surface area contributed by atoms with Gasteiger partial charge in [0.1, 0.15) is 17.7 Å². The van der Waals surface area contributed by atoms with Gasteiger partial charge in [0, 0.05) is 12.1 Å². The summed E-state index contributed by atoms with van der Waals surface area (Å²) in [5, 5.41) is 5.81. The second kappa shape index (κ2) is 11.2. The average molecular weight is 474 g/mol. The Bertz CT molecular complexity index is 860. The van der Waals surface area contributed by atoms with Crippen LogP contribution in [-0.2, 0) is 14.3 Å². The summed E-state index contributed by atoms with van der Waals surface area (Å²) in [5.74, 6) is -0.322. The van der Waals surface area contributed by atoms with E-state index in [1.807, 2.05) is 58.9 Å². The Morgan fingerprint density at radius 3 is 2.09 bits per heavy atom. The van der Waals surface area contributed by atoms with Crippen molar-refractivity contribution < 1.29 is 19.1 Å². The lowest BCUT2D eigenvalue weighted by molar-refractivity contribution is -0.144. The van der Waals surface area contributed by atoms with E-state index in [2.05, 4.69) is 17.6 Å². The second-order valence-corrected chi connectivity index (χ2v) is 11.0. The third kappa shape index (κ3) is 7.47. The fourth-order valence-electron chi connectivity index (χ4n) is 4.00. The van der Waals surface area contributed by atoms with Crippen molar-refractivity contribution in [3.8, 4) is 0 Å². The number of carbonyl (C=O) groups excluding carboxylic acids is 3. The molecule has 3 amide bonds. The number of nitrogens with zero attached hydrogens (tertiary/aromatic N) is 1. The second-order valence-electron chi connectivity index (χ2n) is 11.0. The summed E-state index contributed by atoms with van der Waals surface area (Å²) in [5.41, 5.74) is 1.16. The number of hydrogen-bond donors (Lipinski definition) is 2.